The molecular formula is C18H16Cl2O4. The van der Waals surface area contributed by atoms with Gasteiger partial charge in [-0.2, -0.15) is 0 Å². The van der Waals surface area contributed by atoms with E-state index in [4.69, 9.17) is 37.8 Å². The van der Waals surface area contributed by atoms with E-state index in [1.54, 1.807) is 18.2 Å². The summed E-state index contributed by atoms with van der Waals surface area (Å²) in [5.41, 5.74) is 1.43. The van der Waals surface area contributed by atoms with Crippen LogP contribution < -0.4 is 9.47 Å². The van der Waals surface area contributed by atoms with Crippen LogP contribution in [0.25, 0.3) is 6.08 Å². The van der Waals surface area contributed by atoms with E-state index < -0.39 is 5.97 Å². The number of carboxylic acid groups (broad SMARTS) is 1. The molecule has 6 heteroatoms. The largest absolute Gasteiger partial charge is 0.490 e. The third kappa shape index (κ3) is 4.91. The van der Waals surface area contributed by atoms with Gasteiger partial charge in [0, 0.05) is 16.7 Å². The van der Waals surface area contributed by atoms with E-state index in [1.165, 1.54) is 6.08 Å². The van der Waals surface area contributed by atoms with Crippen molar-refractivity contribution in [1.82, 2.24) is 0 Å². The Kier molecular flexibility index (Phi) is 6.53. The van der Waals surface area contributed by atoms with Crippen molar-refractivity contribution in [3.05, 3.63) is 63.6 Å². The molecule has 2 aromatic rings. The number of benzene rings is 2. The van der Waals surface area contributed by atoms with Crippen LogP contribution in [0.2, 0.25) is 10.0 Å². The topological polar surface area (TPSA) is 55.8 Å². The van der Waals surface area contributed by atoms with Crippen molar-refractivity contribution >= 4 is 35.2 Å². The fourth-order valence-electron chi connectivity index (χ4n) is 2.02. The van der Waals surface area contributed by atoms with Gasteiger partial charge in [0.25, 0.3) is 0 Å². The lowest BCUT2D eigenvalue weighted by Gasteiger charge is -2.15. The molecule has 0 atom stereocenters. The lowest BCUT2D eigenvalue weighted by Crippen LogP contribution is -2.01. The third-order valence-corrected chi connectivity index (χ3v) is 3.73. The number of hydrogen-bond acceptors (Lipinski definition) is 3. The van der Waals surface area contributed by atoms with Gasteiger partial charge in [-0.15, -0.1) is 0 Å². The van der Waals surface area contributed by atoms with Crippen LogP contribution in [0.1, 0.15) is 18.1 Å². The summed E-state index contributed by atoms with van der Waals surface area (Å²) in [6, 6.07) is 10.7. The molecule has 0 aliphatic heterocycles. The fourth-order valence-corrected chi connectivity index (χ4v) is 2.48. The first kappa shape index (κ1) is 18.2. The molecule has 0 saturated heterocycles. The molecule has 0 fully saturated rings. The zero-order chi connectivity index (χ0) is 17.5. The van der Waals surface area contributed by atoms with Crippen LogP contribution in [-0.2, 0) is 11.4 Å². The van der Waals surface area contributed by atoms with Gasteiger partial charge < -0.3 is 14.6 Å². The summed E-state index contributed by atoms with van der Waals surface area (Å²) >= 11 is 12.4. The molecule has 0 aromatic heterocycles. The number of aliphatic carboxylic acids is 1. The van der Waals surface area contributed by atoms with Crippen LogP contribution >= 0.6 is 23.2 Å². The Morgan fingerprint density at radius 2 is 1.92 bits per heavy atom. The Morgan fingerprint density at radius 1 is 1.17 bits per heavy atom. The number of rotatable bonds is 7. The average molecular weight is 367 g/mol. The Morgan fingerprint density at radius 3 is 2.58 bits per heavy atom. The zero-order valence-electron chi connectivity index (χ0n) is 13.0. The highest BCUT2D eigenvalue weighted by Crippen LogP contribution is 2.38. The first-order valence-electron chi connectivity index (χ1n) is 7.24. The smallest absolute Gasteiger partial charge is 0.328 e. The highest BCUT2D eigenvalue weighted by atomic mass is 35.5. The van der Waals surface area contributed by atoms with E-state index in [1.807, 2.05) is 25.1 Å². The molecule has 24 heavy (non-hydrogen) atoms. The molecule has 0 radical (unpaired) electrons. The summed E-state index contributed by atoms with van der Waals surface area (Å²) in [7, 11) is 0. The van der Waals surface area contributed by atoms with Crippen LogP contribution in [0.3, 0.4) is 0 Å². The maximum atomic E-state index is 10.6. The van der Waals surface area contributed by atoms with Gasteiger partial charge in [0.15, 0.2) is 11.5 Å². The summed E-state index contributed by atoms with van der Waals surface area (Å²) in [5.74, 6) is -0.198. The molecule has 0 unspecified atom stereocenters. The first-order chi connectivity index (χ1) is 11.5. The van der Waals surface area contributed by atoms with Crippen molar-refractivity contribution in [2.75, 3.05) is 6.61 Å². The maximum absolute atomic E-state index is 10.6. The quantitative estimate of drug-likeness (QED) is 0.695. The molecule has 2 aromatic carbocycles. The molecule has 126 valence electrons. The second kappa shape index (κ2) is 8.62. The molecule has 0 bridgehead atoms. The van der Waals surface area contributed by atoms with Gasteiger partial charge in [-0.25, -0.2) is 4.79 Å². The Balaban J connectivity index is 2.27. The SMILES string of the molecule is CCOc1cc(/C=C/C(=O)O)cc(Cl)c1OCc1ccccc1Cl. The van der Waals surface area contributed by atoms with Crippen molar-refractivity contribution in [3.8, 4) is 11.5 Å². The molecule has 0 aliphatic rings. The maximum Gasteiger partial charge on any atom is 0.328 e. The summed E-state index contributed by atoms with van der Waals surface area (Å²) in [4.78, 5) is 10.6. The summed E-state index contributed by atoms with van der Waals surface area (Å²) in [6.07, 6.45) is 2.47. The van der Waals surface area contributed by atoms with Gasteiger partial charge in [0.2, 0.25) is 0 Å². The predicted molar refractivity (Wildman–Crippen MR) is 95.1 cm³/mol. The van der Waals surface area contributed by atoms with Crippen LogP contribution in [0, 0.1) is 0 Å². The number of carbonyl (C=O) groups is 1. The lowest BCUT2D eigenvalue weighted by atomic mass is 10.2. The van der Waals surface area contributed by atoms with Gasteiger partial charge >= 0.3 is 5.97 Å². The van der Waals surface area contributed by atoms with Gasteiger partial charge in [0.1, 0.15) is 6.61 Å². The van der Waals surface area contributed by atoms with Crippen LogP contribution in [-0.4, -0.2) is 17.7 Å². The molecule has 0 saturated carbocycles. The van der Waals surface area contributed by atoms with Crippen molar-refractivity contribution in [2.24, 2.45) is 0 Å². The first-order valence-corrected chi connectivity index (χ1v) is 8.00. The van der Waals surface area contributed by atoms with E-state index in [-0.39, 0.29) is 6.61 Å². The average Bonchev–Trinajstić information content (AvgIpc) is 2.54. The number of ether oxygens (including phenoxy) is 2. The van der Waals surface area contributed by atoms with E-state index in [0.29, 0.717) is 33.7 Å². The van der Waals surface area contributed by atoms with Crippen LogP contribution in [0.5, 0.6) is 11.5 Å². The van der Waals surface area contributed by atoms with Gasteiger partial charge in [0.05, 0.1) is 11.6 Å². The Labute approximate surface area is 150 Å². The molecule has 2 rings (SSSR count). The molecule has 4 nitrogen and oxygen atoms in total. The number of hydrogen-bond donors (Lipinski definition) is 1. The molecule has 0 aliphatic carbocycles. The highest BCUT2D eigenvalue weighted by Gasteiger charge is 2.13. The fraction of sp³-hybridized carbons (Fsp3) is 0.167. The number of halogens is 2. The Hall–Kier alpha value is -2.17. The normalized spacial score (nSPS) is 10.8. The monoisotopic (exact) mass is 366 g/mol. The lowest BCUT2D eigenvalue weighted by molar-refractivity contribution is -0.131. The van der Waals surface area contributed by atoms with Crippen molar-refractivity contribution in [1.29, 1.82) is 0 Å². The van der Waals surface area contributed by atoms with Gasteiger partial charge in [-0.1, -0.05) is 41.4 Å². The van der Waals surface area contributed by atoms with E-state index in [9.17, 15) is 4.79 Å². The number of carboxylic acids is 1. The molecule has 0 amide bonds. The van der Waals surface area contributed by atoms with Crippen LogP contribution in [0.4, 0.5) is 0 Å². The van der Waals surface area contributed by atoms with Crippen LogP contribution in [0.15, 0.2) is 42.5 Å². The molecular weight excluding hydrogens is 351 g/mol. The van der Waals surface area contributed by atoms with E-state index >= 15 is 0 Å². The third-order valence-electron chi connectivity index (χ3n) is 3.08. The van der Waals surface area contributed by atoms with Crippen molar-refractivity contribution in [3.63, 3.8) is 0 Å². The summed E-state index contributed by atoms with van der Waals surface area (Å²) < 4.78 is 11.3. The minimum absolute atomic E-state index is 0.240. The molecule has 1 N–H and O–H groups in total. The standard InChI is InChI=1S/C18H16Cl2O4/c1-2-23-16-10-12(7-8-17(21)22)9-15(20)18(16)24-11-13-5-3-4-6-14(13)19/h3-10H,2,11H2,1H3,(H,21,22)/b8-7+. The second-order valence-electron chi connectivity index (χ2n) is 4.81. The van der Waals surface area contributed by atoms with E-state index in [0.717, 1.165) is 11.6 Å². The van der Waals surface area contributed by atoms with Crippen molar-refractivity contribution in [2.45, 2.75) is 13.5 Å². The zero-order valence-corrected chi connectivity index (χ0v) is 14.5. The minimum atomic E-state index is -1.04. The molecule has 0 spiro atoms. The van der Waals surface area contributed by atoms with Crippen molar-refractivity contribution < 1.29 is 19.4 Å². The summed E-state index contributed by atoms with van der Waals surface area (Å²) in [5, 5.41) is 9.66. The summed E-state index contributed by atoms with van der Waals surface area (Å²) in [6.45, 7) is 2.50. The van der Waals surface area contributed by atoms with Gasteiger partial charge in [-0.05, 0) is 36.8 Å². The Bertz CT molecular complexity index is 757. The molecule has 0 heterocycles. The highest BCUT2D eigenvalue weighted by molar-refractivity contribution is 6.32. The second-order valence-corrected chi connectivity index (χ2v) is 5.63. The van der Waals surface area contributed by atoms with E-state index in [2.05, 4.69) is 0 Å². The predicted octanol–water partition coefficient (Wildman–Crippen LogP) is 5.07. The van der Waals surface area contributed by atoms with Gasteiger partial charge in [-0.3, -0.25) is 0 Å². The minimum Gasteiger partial charge on any atom is -0.490 e.